The molecule has 0 spiro atoms. The van der Waals surface area contributed by atoms with Crippen LogP contribution >= 0.6 is 11.3 Å². The molecule has 1 saturated heterocycles. The monoisotopic (exact) mass is 336 g/mol. The highest BCUT2D eigenvalue weighted by molar-refractivity contribution is 7.12. The molecule has 1 fully saturated rings. The number of carbonyl (C=O) groups is 2. The largest absolute Gasteiger partial charge is 0.355 e. The average Bonchev–Trinajstić information content (AvgIpc) is 3.09. The summed E-state index contributed by atoms with van der Waals surface area (Å²) in [7, 11) is 0. The molecule has 1 aromatic heterocycles. The molecule has 0 unspecified atom stereocenters. The standard InChI is InChI=1S/C16H14F2N2O2S/c1-8-5-6-12(23-8)9-7-19-15(21)13(9)16(22)20-11-4-2-3-10(17)14(11)18/h2-6,9,13H,7H2,1H3,(H,19,21)(H,20,22)/t9-,13-/m1/s1. The number of halogens is 2. The first-order chi connectivity index (χ1) is 11.0. The molecule has 4 nitrogen and oxygen atoms in total. The molecule has 120 valence electrons. The van der Waals surface area contributed by atoms with Crippen LogP contribution in [-0.4, -0.2) is 18.4 Å². The second kappa shape index (κ2) is 6.08. The number of anilines is 1. The van der Waals surface area contributed by atoms with E-state index >= 15 is 0 Å². The van der Waals surface area contributed by atoms with E-state index < -0.39 is 29.4 Å². The summed E-state index contributed by atoms with van der Waals surface area (Å²) in [5, 5.41) is 4.98. The van der Waals surface area contributed by atoms with Crippen LogP contribution in [-0.2, 0) is 9.59 Å². The molecule has 3 rings (SSSR count). The van der Waals surface area contributed by atoms with E-state index in [1.165, 1.54) is 23.5 Å². The number of amides is 2. The van der Waals surface area contributed by atoms with Gasteiger partial charge in [-0.1, -0.05) is 6.07 Å². The molecule has 1 aliphatic rings. The van der Waals surface area contributed by atoms with Gasteiger partial charge in [-0.2, -0.15) is 0 Å². The predicted molar refractivity (Wildman–Crippen MR) is 83.3 cm³/mol. The summed E-state index contributed by atoms with van der Waals surface area (Å²) in [6.45, 7) is 2.29. The molecule has 2 amide bonds. The van der Waals surface area contributed by atoms with Gasteiger partial charge in [-0.25, -0.2) is 8.78 Å². The lowest BCUT2D eigenvalue weighted by Gasteiger charge is -2.15. The second-order valence-corrected chi connectivity index (χ2v) is 6.69. The minimum Gasteiger partial charge on any atom is -0.355 e. The first kappa shape index (κ1) is 15.6. The summed E-state index contributed by atoms with van der Waals surface area (Å²) in [4.78, 5) is 26.4. The number of rotatable bonds is 3. The Labute approximate surface area is 135 Å². The van der Waals surface area contributed by atoms with E-state index in [4.69, 9.17) is 0 Å². The Morgan fingerprint density at radius 2 is 2.09 bits per heavy atom. The molecule has 2 aromatic rings. The second-order valence-electron chi connectivity index (χ2n) is 5.37. The van der Waals surface area contributed by atoms with Crippen LogP contribution in [0, 0.1) is 24.5 Å². The Morgan fingerprint density at radius 3 is 2.78 bits per heavy atom. The number of hydrogen-bond donors (Lipinski definition) is 2. The van der Waals surface area contributed by atoms with Crippen molar-refractivity contribution >= 4 is 28.8 Å². The number of benzene rings is 1. The highest BCUT2D eigenvalue weighted by atomic mass is 32.1. The van der Waals surface area contributed by atoms with E-state index in [-0.39, 0.29) is 11.6 Å². The zero-order valence-electron chi connectivity index (χ0n) is 12.2. The SMILES string of the molecule is Cc1ccc([C@H]2CNC(=O)[C@@H]2C(=O)Nc2cccc(F)c2F)s1. The highest BCUT2D eigenvalue weighted by Gasteiger charge is 2.41. The fraction of sp³-hybridized carbons (Fsp3) is 0.250. The van der Waals surface area contributed by atoms with Crippen molar-refractivity contribution in [2.45, 2.75) is 12.8 Å². The molecule has 0 saturated carbocycles. The topological polar surface area (TPSA) is 58.2 Å². The molecular formula is C16H14F2N2O2S. The van der Waals surface area contributed by atoms with Crippen molar-refractivity contribution in [3.63, 3.8) is 0 Å². The lowest BCUT2D eigenvalue weighted by Crippen LogP contribution is -2.32. The quantitative estimate of drug-likeness (QED) is 0.847. The normalized spacial score (nSPS) is 20.4. The van der Waals surface area contributed by atoms with Gasteiger partial charge in [0.15, 0.2) is 11.6 Å². The molecule has 2 atom stereocenters. The summed E-state index contributed by atoms with van der Waals surface area (Å²) < 4.78 is 26.9. The molecule has 1 aliphatic heterocycles. The van der Waals surface area contributed by atoms with E-state index in [0.29, 0.717) is 6.54 Å². The minimum absolute atomic E-state index is 0.268. The smallest absolute Gasteiger partial charge is 0.237 e. The van der Waals surface area contributed by atoms with Crippen LogP contribution in [0.3, 0.4) is 0 Å². The van der Waals surface area contributed by atoms with Crippen LogP contribution in [0.1, 0.15) is 15.7 Å². The molecule has 0 bridgehead atoms. The molecule has 0 radical (unpaired) electrons. The fourth-order valence-electron chi connectivity index (χ4n) is 2.65. The highest BCUT2D eigenvalue weighted by Crippen LogP contribution is 2.34. The van der Waals surface area contributed by atoms with Gasteiger partial charge < -0.3 is 10.6 Å². The van der Waals surface area contributed by atoms with E-state index in [1.54, 1.807) is 0 Å². The zero-order chi connectivity index (χ0) is 16.6. The van der Waals surface area contributed by atoms with E-state index in [2.05, 4.69) is 10.6 Å². The zero-order valence-corrected chi connectivity index (χ0v) is 13.0. The third-order valence-corrected chi connectivity index (χ3v) is 4.93. The Balaban J connectivity index is 1.84. The van der Waals surface area contributed by atoms with Crippen molar-refractivity contribution in [2.75, 3.05) is 11.9 Å². The molecule has 7 heteroatoms. The van der Waals surface area contributed by atoms with Crippen molar-refractivity contribution in [3.8, 4) is 0 Å². The molecule has 1 aromatic carbocycles. The van der Waals surface area contributed by atoms with E-state index in [9.17, 15) is 18.4 Å². The number of thiophene rings is 1. The average molecular weight is 336 g/mol. The molecule has 23 heavy (non-hydrogen) atoms. The third-order valence-electron chi connectivity index (χ3n) is 3.80. The summed E-state index contributed by atoms with van der Waals surface area (Å²) >= 11 is 1.51. The number of aryl methyl sites for hydroxylation is 1. The number of hydrogen-bond acceptors (Lipinski definition) is 3. The van der Waals surface area contributed by atoms with Crippen molar-refractivity contribution in [1.29, 1.82) is 0 Å². The lowest BCUT2D eigenvalue weighted by molar-refractivity contribution is -0.130. The van der Waals surface area contributed by atoms with Gasteiger partial charge in [0.05, 0.1) is 5.69 Å². The van der Waals surface area contributed by atoms with Crippen LogP contribution in [0.4, 0.5) is 14.5 Å². The molecular weight excluding hydrogens is 322 g/mol. The number of nitrogens with one attached hydrogen (secondary N) is 2. The lowest BCUT2D eigenvalue weighted by atomic mass is 9.93. The maximum Gasteiger partial charge on any atom is 0.237 e. The van der Waals surface area contributed by atoms with Crippen LogP contribution in [0.25, 0.3) is 0 Å². The Morgan fingerprint density at radius 1 is 1.30 bits per heavy atom. The minimum atomic E-state index is -1.14. The maximum absolute atomic E-state index is 13.7. The van der Waals surface area contributed by atoms with Gasteiger partial charge in [-0.3, -0.25) is 9.59 Å². The fourth-order valence-corrected chi connectivity index (χ4v) is 3.67. The Hall–Kier alpha value is -2.28. The summed E-state index contributed by atoms with van der Waals surface area (Å²) in [6.07, 6.45) is 0. The van der Waals surface area contributed by atoms with Crippen molar-refractivity contribution in [1.82, 2.24) is 5.32 Å². The first-order valence-corrected chi connectivity index (χ1v) is 7.88. The van der Waals surface area contributed by atoms with Gasteiger partial charge in [-0.05, 0) is 31.2 Å². The van der Waals surface area contributed by atoms with Gasteiger partial charge in [0.1, 0.15) is 5.92 Å². The van der Waals surface area contributed by atoms with E-state index in [1.807, 2.05) is 19.1 Å². The molecule has 2 heterocycles. The predicted octanol–water partition coefficient (Wildman–Crippen LogP) is 2.80. The summed E-state index contributed by atoms with van der Waals surface area (Å²) in [5.74, 6) is -4.50. The molecule has 2 N–H and O–H groups in total. The van der Waals surface area contributed by atoms with Crippen LogP contribution in [0.5, 0.6) is 0 Å². The maximum atomic E-state index is 13.7. The van der Waals surface area contributed by atoms with Crippen molar-refractivity contribution in [2.24, 2.45) is 5.92 Å². The van der Waals surface area contributed by atoms with Gasteiger partial charge in [0.25, 0.3) is 0 Å². The first-order valence-electron chi connectivity index (χ1n) is 7.06. The Kier molecular flexibility index (Phi) is 4.12. The molecule has 0 aliphatic carbocycles. The number of carbonyl (C=O) groups excluding carboxylic acids is 2. The van der Waals surface area contributed by atoms with E-state index in [0.717, 1.165) is 15.8 Å². The van der Waals surface area contributed by atoms with Crippen molar-refractivity contribution in [3.05, 3.63) is 51.7 Å². The summed E-state index contributed by atoms with van der Waals surface area (Å²) in [6, 6.07) is 7.32. The van der Waals surface area contributed by atoms with Gasteiger partial charge >= 0.3 is 0 Å². The third kappa shape index (κ3) is 2.96. The van der Waals surface area contributed by atoms with Crippen LogP contribution in [0.15, 0.2) is 30.3 Å². The Bertz CT molecular complexity index is 775. The summed E-state index contributed by atoms with van der Waals surface area (Å²) in [5.41, 5.74) is -0.268. The van der Waals surface area contributed by atoms with Crippen LogP contribution < -0.4 is 10.6 Å². The van der Waals surface area contributed by atoms with Crippen LogP contribution in [0.2, 0.25) is 0 Å². The van der Waals surface area contributed by atoms with Gasteiger partial charge in [0, 0.05) is 22.2 Å². The van der Waals surface area contributed by atoms with Gasteiger partial charge in [-0.15, -0.1) is 11.3 Å². The van der Waals surface area contributed by atoms with Gasteiger partial charge in [0.2, 0.25) is 11.8 Å². The van der Waals surface area contributed by atoms with Crippen molar-refractivity contribution < 1.29 is 18.4 Å².